The van der Waals surface area contributed by atoms with Crippen molar-refractivity contribution < 1.29 is 17.9 Å². The Morgan fingerprint density at radius 1 is 0.962 bits per heavy atom. The lowest BCUT2D eigenvalue weighted by molar-refractivity contribution is 0.0730. The highest BCUT2D eigenvalue weighted by Gasteiger charge is 2.27. The van der Waals surface area contributed by atoms with Crippen LogP contribution < -0.4 is 0 Å². The van der Waals surface area contributed by atoms with Gasteiger partial charge in [-0.15, -0.1) is 0 Å². The summed E-state index contributed by atoms with van der Waals surface area (Å²) in [5.74, 6) is 0.550. The van der Waals surface area contributed by atoms with Crippen molar-refractivity contribution in [2.24, 2.45) is 4.99 Å². The average Bonchev–Trinajstić information content (AvgIpc) is 3.20. The van der Waals surface area contributed by atoms with Gasteiger partial charge in [0.05, 0.1) is 18.1 Å². The highest BCUT2D eigenvalue weighted by atomic mass is 32.2. The van der Waals surface area contributed by atoms with Crippen LogP contribution in [-0.4, -0.2) is 51.5 Å². The Bertz CT molecular complexity index is 889. The zero-order valence-electron chi connectivity index (χ0n) is 14.2. The van der Waals surface area contributed by atoms with Crippen LogP contribution in [0.1, 0.15) is 17.2 Å². The van der Waals surface area contributed by atoms with Crippen molar-refractivity contribution in [2.75, 3.05) is 32.9 Å². The van der Waals surface area contributed by atoms with Gasteiger partial charge in [0.15, 0.2) is 0 Å². The van der Waals surface area contributed by atoms with Gasteiger partial charge in [0.1, 0.15) is 12.6 Å². The molecule has 2 aliphatic rings. The molecule has 0 radical (unpaired) electrons. The number of rotatable bonds is 4. The van der Waals surface area contributed by atoms with Crippen LogP contribution in [0.5, 0.6) is 0 Å². The smallest absolute Gasteiger partial charge is 0.243 e. The van der Waals surface area contributed by atoms with Gasteiger partial charge in [0.25, 0.3) is 0 Å². The molecule has 0 saturated carbocycles. The van der Waals surface area contributed by atoms with Crippen molar-refractivity contribution in [1.29, 1.82) is 0 Å². The molecule has 136 valence electrons. The number of hydrogen-bond acceptors (Lipinski definition) is 5. The van der Waals surface area contributed by atoms with Crippen molar-refractivity contribution in [3.8, 4) is 0 Å². The maximum atomic E-state index is 12.7. The summed E-state index contributed by atoms with van der Waals surface area (Å²) in [6, 6.07) is 16.7. The van der Waals surface area contributed by atoms with Crippen LogP contribution in [0.2, 0.25) is 0 Å². The quantitative estimate of drug-likeness (QED) is 0.825. The van der Waals surface area contributed by atoms with E-state index in [2.05, 4.69) is 4.99 Å². The van der Waals surface area contributed by atoms with E-state index in [1.807, 2.05) is 30.3 Å². The molecule has 1 atom stereocenters. The van der Waals surface area contributed by atoms with Crippen LogP contribution in [0.15, 0.2) is 64.5 Å². The Morgan fingerprint density at radius 3 is 2.35 bits per heavy atom. The van der Waals surface area contributed by atoms with Gasteiger partial charge < -0.3 is 9.47 Å². The maximum absolute atomic E-state index is 12.7. The number of ether oxygens (including phenoxy) is 2. The third-order valence-corrected chi connectivity index (χ3v) is 6.46. The molecule has 1 saturated heterocycles. The fourth-order valence-electron chi connectivity index (χ4n) is 3.08. The van der Waals surface area contributed by atoms with Crippen LogP contribution in [0.25, 0.3) is 0 Å². The van der Waals surface area contributed by atoms with E-state index >= 15 is 0 Å². The molecule has 2 heterocycles. The van der Waals surface area contributed by atoms with E-state index < -0.39 is 10.0 Å². The van der Waals surface area contributed by atoms with Crippen LogP contribution in [0.3, 0.4) is 0 Å². The van der Waals surface area contributed by atoms with E-state index in [9.17, 15) is 8.42 Å². The van der Waals surface area contributed by atoms with Crippen LogP contribution in [0, 0.1) is 0 Å². The minimum atomic E-state index is -3.48. The minimum Gasteiger partial charge on any atom is -0.475 e. The fraction of sp³-hybridized carbons (Fsp3) is 0.316. The van der Waals surface area contributed by atoms with Crippen molar-refractivity contribution in [1.82, 2.24) is 4.31 Å². The molecule has 2 aliphatic heterocycles. The Morgan fingerprint density at radius 2 is 1.65 bits per heavy atom. The Labute approximate surface area is 153 Å². The molecule has 0 amide bonds. The second-order valence-electron chi connectivity index (χ2n) is 6.21. The first-order chi connectivity index (χ1) is 12.6. The van der Waals surface area contributed by atoms with Crippen molar-refractivity contribution in [3.05, 3.63) is 65.7 Å². The molecule has 1 fully saturated rings. The summed E-state index contributed by atoms with van der Waals surface area (Å²) in [4.78, 5) is 4.91. The van der Waals surface area contributed by atoms with E-state index in [4.69, 9.17) is 9.47 Å². The highest BCUT2D eigenvalue weighted by molar-refractivity contribution is 7.89. The van der Waals surface area contributed by atoms with Gasteiger partial charge in [-0.3, -0.25) is 0 Å². The molecule has 6 nitrogen and oxygen atoms in total. The van der Waals surface area contributed by atoms with Crippen LogP contribution >= 0.6 is 0 Å². The van der Waals surface area contributed by atoms with Crippen molar-refractivity contribution in [3.63, 3.8) is 0 Å². The molecule has 4 rings (SSSR count). The number of morpholine rings is 1. The maximum Gasteiger partial charge on any atom is 0.243 e. The van der Waals surface area contributed by atoms with Gasteiger partial charge in [-0.25, -0.2) is 13.4 Å². The van der Waals surface area contributed by atoms with E-state index in [1.165, 1.54) is 4.31 Å². The zero-order valence-corrected chi connectivity index (χ0v) is 15.1. The molecule has 0 aromatic heterocycles. The summed E-state index contributed by atoms with van der Waals surface area (Å²) < 4.78 is 37.7. The Kier molecular flexibility index (Phi) is 4.76. The SMILES string of the molecule is O=S(=O)(c1ccc(C2=N[C@H](c3ccccc3)CO2)cc1)N1CCOCC1. The molecule has 7 heteroatoms. The predicted molar refractivity (Wildman–Crippen MR) is 97.7 cm³/mol. The summed E-state index contributed by atoms with van der Waals surface area (Å²) in [6.45, 7) is 2.14. The third kappa shape index (κ3) is 3.38. The summed E-state index contributed by atoms with van der Waals surface area (Å²) >= 11 is 0. The predicted octanol–water partition coefficient (Wildman–Crippen LogP) is 2.23. The lowest BCUT2D eigenvalue weighted by atomic mass is 10.1. The second-order valence-corrected chi connectivity index (χ2v) is 8.15. The van der Waals surface area contributed by atoms with Gasteiger partial charge in [-0.2, -0.15) is 4.31 Å². The molecule has 2 aromatic rings. The molecule has 0 spiro atoms. The Hall–Kier alpha value is -2.22. The molecule has 26 heavy (non-hydrogen) atoms. The summed E-state index contributed by atoms with van der Waals surface area (Å²) in [6.07, 6.45) is 0. The molecular weight excluding hydrogens is 352 g/mol. The van der Waals surface area contributed by atoms with Crippen LogP contribution in [0.4, 0.5) is 0 Å². The van der Waals surface area contributed by atoms with Gasteiger partial charge in [0, 0.05) is 18.7 Å². The number of benzene rings is 2. The van der Waals surface area contributed by atoms with E-state index in [-0.39, 0.29) is 10.9 Å². The van der Waals surface area contributed by atoms with E-state index in [0.29, 0.717) is 38.8 Å². The Balaban J connectivity index is 1.53. The number of aliphatic imine (C=N–C) groups is 1. The molecule has 2 aromatic carbocycles. The average molecular weight is 372 g/mol. The molecular formula is C19H20N2O4S. The molecule has 0 aliphatic carbocycles. The number of hydrogen-bond donors (Lipinski definition) is 0. The zero-order chi connectivity index (χ0) is 18.0. The fourth-order valence-corrected chi connectivity index (χ4v) is 4.49. The summed E-state index contributed by atoms with van der Waals surface area (Å²) in [7, 11) is -3.48. The van der Waals surface area contributed by atoms with Gasteiger partial charge in [-0.05, 0) is 29.8 Å². The van der Waals surface area contributed by atoms with E-state index in [1.54, 1.807) is 24.3 Å². The van der Waals surface area contributed by atoms with Gasteiger partial charge in [-0.1, -0.05) is 30.3 Å². The minimum absolute atomic E-state index is 0.0250. The van der Waals surface area contributed by atoms with Gasteiger partial charge in [0.2, 0.25) is 15.9 Å². The first kappa shape index (κ1) is 17.2. The summed E-state index contributed by atoms with van der Waals surface area (Å²) in [5.41, 5.74) is 1.89. The first-order valence-corrected chi connectivity index (χ1v) is 10.0. The number of sulfonamides is 1. The standard InChI is InChI=1S/C19H20N2O4S/c22-26(23,21-10-12-24-13-11-21)17-8-6-16(7-9-17)19-20-18(14-25-19)15-4-2-1-3-5-15/h1-9,18H,10-14H2/t18-/m0/s1. The van der Waals surface area contributed by atoms with E-state index in [0.717, 1.165) is 11.1 Å². The number of nitrogens with zero attached hydrogens (tertiary/aromatic N) is 2. The normalized spacial score (nSPS) is 21.2. The highest BCUT2D eigenvalue weighted by Crippen LogP contribution is 2.26. The van der Waals surface area contributed by atoms with Crippen LogP contribution in [-0.2, 0) is 19.5 Å². The molecule has 0 N–H and O–H groups in total. The monoisotopic (exact) mass is 372 g/mol. The van der Waals surface area contributed by atoms with Crippen molar-refractivity contribution >= 4 is 15.9 Å². The lowest BCUT2D eigenvalue weighted by Gasteiger charge is -2.26. The molecule has 0 bridgehead atoms. The third-order valence-electron chi connectivity index (χ3n) is 4.54. The largest absolute Gasteiger partial charge is 0.475 e. The first-order valence-electron chi connectivity index (χ1n) is 8.58. The van der Waals surface area contributed by atoms with Gasteiger partial charge >= 0.3 is 0 Å². The summed E-state index contributed by atoms with van der Waals surface area (Å²) in [5, 5.41) is 0. The molecule has 0 unspecified atom stereocenters. The topological polar surface area (TPSA) is 68.2 Å². The lowest BCUT2D eigenvalue weighted by Crippen LogP contribution is -2.40. The second kappa shape index (κ2) is 7.19. The van der Waals surface area contributed by atoms with Crippen molar-refractivity contribution in [2.45, 2.75) is 10.9 Å².